The minimum Gasteiger partial charge on any atom is -0.545 e. The summed E-state index contributed by atoms with van der Waals surface area (Å²) in [4.78, 5) is 35.1. The molecule has 0 saturated heterocycles. The Hall–Kier alpha value is -2.93. The fraction of sp³-hybridized carbons (Fsp3) is 0. The van der Waals surface area contributed by atoms with Crippen LogP contribution in [0.3, 0.4) is 0 Å². The summed E-state index contributed by atoms with van der Waals surface area (Å²) in [6, 6.07) is 12.0. The minimum absolute atomic E-state index is 0.0812. The van der Waals surface area contributed by atoms with Gasteiger partial charge in [-0.15, -0.1) is 0 Å². The van der Waals surface area contributed by atoms with Crippen LogP contribution in [0.5, 0.6) is 0 Å². The van der Waals surface area contributed by atoms with Gasteiger partial charge in [0.1, 0.15) is 11.1 Å². The molecule has 0 aliphatic carbocycles. The standard InChI is InChI=1S/C17H10BrNO5/c18-11-4-5-14-10(6-11)8-13(17(23)24-14)15(20)19-12-3-1-2-9(7-12)16(21)22/h1-8H,(H,19,20)(H,21,22)/p-1. The lowest BCUT2D eigenvalue weighted by Crippen LogP contribution is -2.23. The predicted molar refractivity (Wildman–Crippen MR) is 88.9 cm³/mol. The highest BCUT2D eigenvalue weighted by atomic mass is 79.9. The van der Waals surface area contributed by atoms with Gasteiger partial charge in [0.25, 0.3) is 5.91 Å². The van der Waals surface area contributed by atoms with Gasteiger partial charge in [0.2, 0.25) is 0 Å². The molecule has 0 fully saturated rings. The molecule has 1 heterocycles. The predicted octanol–water partition coefficient (Wildman–Crippen LogP) is 2.17. The summed E-state index contributed by atoms with van der Waals surface area (Å²) in [5.74, 6) is -2.05. The molecule has 3 rings (SSSR count). The van der Waals surface area contributed by atoms with Gasteiger partial charge in [-0.2, -0.15) is 0 Å². The number of carbonyl (C=O) groups excluding carboxylic acids is 2. The molecule has 0 atom stereocenters. The Kier molecular flexibility index (Phi) is 4.18. The highest BCUT2D eigenvalue weighted by Crippen LogP contribution is 2.20. The summed E-state index contributed by atoms with van der Waals surface area (Å²) in [7, 11) is 0. The third-order valence-electron chi connectivity index (χ3n) is 3.30. The van der Waals surface area contributed by atoms with Crippen molar-refractivity contribution in [3.8, 4) is 0 Å². The Morgan fingerprint density at radius 2 is 1.88 bits per heavy atom. The third kappa shape index (κ3) is 3.21. The fourth-order valence-corrected chi connectivity index (χ4v) is 2.55. The second-order valence-corrected chi connectivity index (χ2v) is 5.87. The first kappa shape index (κ1) is 15.9. The molecule has 7 heteroatoms. The first-order chi connectivity index (χ1) is 11.4. The number of aromatic carboxylic acids is 1. The molecule has 6 nitrogen and oxygen atoms in total. The monoisotopic (exact) mass is 386 g/mol. The van der Waals surface area contributed by atoms with E-state index in [9.17, 15) is 19.5 Å². The number of hydrogen-bond donors (Lipinski definition) is 1. The highest BCUT2D eigenvalue weighted by Gasteiger charge is 2.14. The molecule has 0 aliphatic rings. The summed E-state index contributed by atoms with van der Waals surface area (Å²) in [6.07, 6.45) is 0. The van der Waals surface area contributed by atoms with Gasteiger partial charge in [0, 0.05) is 15.5 Å². The number of carboxylic acid groups (broad SMARTS) is 1. The van der Waals surface area contributed by atoms with Crippen molar-refractivity contribution in [2.24, 2.45) is 0 Å². The first-order valence-corrected chi connectivity index (χ1v) is 7.59. The normalized spacial score (nSPS) is 10.5. The maximum Gasteiger partial charge on any atom is 0.349 e. The van der Waals surface area contributed by atoms with Crippen molar-refractivity contribution in [3.05, 3.63) is 74.6 Å². The lowest BCUT2D eigenvalue weighted by molar-refractivity contribution is -0.255. The maximum atomic E-state index is 12.3. The number of amides is 1. The summed E-state index contributed by atoms with van der Waals surface area (Å²) < 4.78 is 5.90. The number of halogens is 1. The Labute approximate surface area is 143 Å². The zero-order valence-corrected chi connectivity index (χ0v) is 13.6. The number of carbonyl (C=O) groups is 2. The van der Waals surface area contributed by atoms with Gasteiger partial charge in [-0.05, 0) is 42.0 Å². The van der Waals surface area contributed by atoms with Crippen LogP contribution in [0.4, 0.5) is 5.69 Å². The average molecular weight is 387 g/mol. The van der Waals surface area contributed by atoms with E-state index in [0.29, 0.717) is 11.0 Å². The van der Waals surface area contributed by atoms with Crippen LogP contribution in [0.15, 0.2) is 62.2 Å². The molecule has 1 aromatic heterocycles. The van der Waals surface area contributed by atoms with Gasteiger partial charge in [0.15, 0.2) is 0 Å². The molecular weight excluding hydrogens is 378 g/mol. The fourth-order valence-electron chi connectivity index (χ4n) is 2.17. The number of fused-ring (bicyclic) bond motifs is 1. The molecule has 0 bridgehead atoms. The van der Waals surface area contributed by atoms with Gasteiger partial charge in [0.05, 0.1) is 5.97 Å². The molecule has 3 aromatic rings. The van der Waals surface area contributed by atoms with Gasteiger partial charge >= 0.3 is 5.63 Å². The summed E-state index contributed by atoms with van der Waals surface area (Å²) in [5.41, 5.74) is -0.450. The summed E-state index contributed by atoms with van der Waals surface area (Å²) >= 11 is 3.31. The van der Waals surface area contributed by atoms with Crippen LogP contribution < -0.4 is 16.0 Å². The van der Waals surface area contributed by atoms with Crippen LogP contribution in [-0.4, -0.2) is 11.9 Å². The molecule has 0 spiro atoms. The average Bonchev–Trinajstić information content (AvgIpc) is 2.54. The lowest BCUT2D eigenvalue weighted by atomic mass is 10.1. The van der Waals surface area contributed by atoms with Crippen molar-refractivity contribution in [2.75, 3.05) is 5.32 Å². The molecule has 1 amide bonds. The van der Waals surface area contributed by atoms with Crippen molar-refractivity contribution in [3.63, 3.8) is 0 Å². The van der Waals surface area contributed by atoms with Crippen LogP contribution in [0.1, 0.15) is 20.7 Å². The van der Waals surface area contributed by atoms with E-state index in [1.807, 2.05) is 0 Å². The van der Waals surface area contributed by atoms with Crippen molar-refractivity contribution in [1.82, 2.24) is 0 Å². The second-order valence-electron chi connectivity index (χ2n) is 4.95. The molecule has 0 aliphatic heterocycles. The molecular formula is C17H9BrNO5-. The Bertz CT molecular complexity index is 1020. The topological polar surface area (TPSA) is 99.4 Å². The molecule has 0 radical (unpaired) electrons. The van der Waals surface area contributed by atoms with E-state index in [2.05, 4.69) is 21.2 Å². The minimum atomic E-state index is -1.36. The molecule has 2 aromatic carbocycles. The number of hydrogen-bond acceptors (Lipinski definition) is 5. The van der Waals surface area contributed by atoms with Crippen LogP contribution in [0, 0.1) is 0 Å². The van der Waals surface area contributed by atoms with Crippen LogP contribution >= 0.6 is 15.9 Å². The van der Waals surface area contributed by atoms with E-state index in [1.165, 1.54) is 30.3 Å². The zero-order chi connectivity index (χ0) is 17.3. The van der Waals surface area contributed by atoms with Crippen molar-refractivity contribution in [2.45, 2.75) is 0 Å². The number of rotatable bonds is 3. The Morgan fingerprint density at radius 3 is 2.62 bits per heavy atom. The summed E-state index contributed by atoms with van der Waals surface area (Å²) in [6.45, 7) is 0. The van der Waals surface area contributed by atoms with E-state index >= 15 is 0 Å². The van der Waals surface area contributed by atoms with E-state index in [4.69, 9.17) is 4.42 Å². The first-order valence-electron chi connectivity index (χ1n) is 6.80. The van der Waals surface area contributed by atoms with E-state index in [1.54, 1.807) is 18.2 Å². The van der Waals surface area contributed by atoms with Crippen LogP contribution in [0.25, 0.3) is 11.0 Å². The SMILES string of the molecule is O=C([O-])c1cccc(NC(=O)c2cc3cc(Br)ccc3oc2=O)c1. The van der Waals surface area contributed by atoms with E-state index in [-0.39, 0.29) is 16.8 Å². The number of benzene rings is 2. The van der Waals surface area contributed by atoms with Crippen molar-refractivity contribution in [1.29, 1.82) is 0 Å². The highest BCUT2D eigenvalue weighted by molar-refractivity contribution is 9.10. The Balaban J connectivity index is 1.96. The van der Waals surface area contributed by atoms with Crippen molar-refractivity contribution < 1.29 is 19.1 Å². The number of carboxylic acids is 1. The van der Waals surface area contributed by atoms with Gasteiger partial charge in [-0.3, -0.25) is 4.79 Å². The Morgan fingerprint density at radius 1 is 1.08 bits per heavy atom. The zero-order valence-electron chi connectivity index (χ0n) is 12.0. The molecule has 24 heavy (non-hydrogen) atoms. The number of nitrogens with one attached hydrogen (secondary N) is 1. The largest absolute Gasteiger partial charge is 0.545 e. The third-order valence-corrected chi connectivity index (χ3v) is 3.79. The maximum absolute atomic E-state index is 12.3. The molecule has 1 N–H and O–H groups in total. The van der Waals surface area contributed by atoms with E-state index < -0.39 is 17.5 Å². The van der Waals surface area contributed by atoms with Gasteiger partial charge in [-0.25, -0.2) is 4.79 Å². The van der Waals surface area contributed by atoms with Gasteiger partial charge < -0.3 is 19.6 Å². The summed E-state index contributed by atoms with van der Waals surface area (Å²) in [5, 5.41) is 13.9. The molecule has 120 valence electrons. The molecule has 0 saturated carbocycles. The van der Waals surface area contributed by atoms with Crippen LogP contribution in [-0.2, 0) is 0 Å². The smallest absolute Gasteiger partial charge is 0.349 e. The van der Waals surface area contributed by atoms with E-state index in [0.717, 1.165) is 4.47 Å². The lowest BCUT2D eigenvalue weighted by Gasteiger charge is -2.08. The van der Waals surface area contributed by atoms with Crippen molar-refractivity contribution >= 4 is 44.5 Å². The van der Waals surface area contributed by atoms with Gasteiger partial charge in [-0.1, -0.05) is 28.1 Å². The quantitative estimate of drug-likeness (QED) is 0.695. The molecule has 0 unspecified atom stereocenters. The second kappa shape index (κ2) is 6.29. The van der Waals surface area contributed by atoms with Crippen LogP contribution in [0.2, 0.25) is 0 Å². The number of anilines is 1.